The predicted molar refractivity (Wildman–Crippen MR) is 122 cm³/mol. The first-order valence-corrected chi connectivity index (χ1v) is 10.2. The normalized spacial score (nSPS) is 12.1. The van der Waals surface area contributed by atoms with Crippen molar-refractivity contribution >= 4 is 18.0 Å². The Balaban J connectivity index is 2.16. The van der Waals surface area contributed by atoms with Crippen LogP contribution in [-0.2, 0) is 4.79 Å². The van der Waals surface area contributed by atoms with E-state index in [1.807, 2.05) is 39.0 Å². The summed E-state index contributed by atoms with van der Waals surface area (Å²) in [5, 5.41) is 12.5. The van der Waals surface area contributed by atoms with Gasteiger partial charge in [0.05, 0.1) is 5.56 Å². The summed E-state index contributed by atoms with van der Waals surface area (Å²) >= 11 is 0. The van der Waals surface area contributed by atoms with Gasteiger partial charge in [0.15, 0.2) is 0 Å². The molecule has 0 aliphatic heterocycles. The minimum absolute atomic E-state index is 0.0102. The number of ether oxygens (including phenoxy) is 1. The SMILES string of the molecule is Cc1ccc(C(=O)Oc2cccc(/C=C(\C#N)C(=O)NC(C)(C)CC(C)(C)C)c2)cc1. The summed E-state index contributed by atoms with van der Waals surface area (Å²) in [5.74, 6) is -0.563. The van der Waals surface area contributed by atoms with Gasteiger partial charge >= 0.3 is 5.97 Å². The van der Waals surface area contributed by atoms with Crippen molar-refractivity contribution in [1.29, 1.82) is 5.26 Å². The zero-order valence-corrected chi connectivity index (χ0v) is 19.1. The fourth-order valence-corrected chi connectivity index (χ4v) is 3.58. The number of rotatable bonds is 6. The molecule has 0 aliphatic rings. The molecule has 31 heavy (non-hydrogen) atoms. The van der Waals surface area contributed by atoms with E-state index in [1.165, 1.54) is 6.08 Å². The smallest absolute Gasteiger partial charge is 0.343 e. The number of carbonyl (C=O) groups is 2. The second-order valence-electron chi connectivity index (χ2n) is 9.57. The lowest BCUT2D eigenvalue weighted by molar-refractivity contribution is -0.118. The van der Waals surface area contributed by atoms with Crippen molar-refractivity contribution in [3.63, 3.8) is 0 Å². The van der Waals surface area contributed by atoms with Gasteiger partial charge in [-0.15, -0.1) is 0 Å². The van der Waals surface area contributed by atoms with Gasteiger partial charge in [-0.05, 0) is 68.5 Å². The second kappa shape index (κ2) is 9.61. The van der Waals surface area contributed by atoms with Gasteiger partial charge in [-0.3, -0.25) is 4.79 Å². The highest BCUT2D eigenvalue weighted by Crippen LogP contribution is 2.27. The average molecular weight is 419 g/mol. The van der Waals surface area contributed by atoms with E-state index in [0.29, 0.717) is 16.9 Å². The molecule has 0 unspecified atom stereocenters. The first kappa shape index (κ1) is 23.9. The largest absolute Gasteiger partial charge is 0.423 e. The quantitative estimate of drug-likeness (QED) is 0.293. The lowest BCUT2D eigenvalue weighted by Crippen LogP contribution is -2.46. The molecule has 0 aliphatic carbocycles. The van der Waals surface area contributed by atoms with Crippen LogP contribution in [0.25, 0.3) is 6.08 Å². The maximum Gasteiger partial charge on any atom is 0.343 e. The van der Waals surface area contributed by atoms with Crippen molar-refractivity contribution in [3.05, 3.63) is 70.8 Å². The highest BCUT2D eigenvalue weighted by atomic mass is 16.5. The van der Waals surface area contributed by atoms with Crippen molar-refractivity contribution in [1.82, 2.24) is 5.32 Å². The lowest BCUT2D eigenvalue weighted by atomic mass is 9.81. The molecule has 0 aromatic heterocycles. The van der Waals surface area contributed by atoms with Gasteiger partial charge in [-0.2, -0.15) is 5.26 Å². The van der Waals surface area contributed by atoms with Crippen LogP contribution in [-0.4, -0.2) is 17.4 Å². The molecule has 0 saturated carbocycles. The maximum absolute atomic E-state index is 12.7. The van der Waals surface area contributed by atoms with Gasteiger partial charge in [0.25, 0.3) is 5.91 Å². The molecule has 162 valence electrons. The summed E-state index contributed by atoms with van der Waals surface area (Å²) in [6.07, 6.45) is 2.25. The molecular weight excluding hydrogens is 388 g/mol. The van der Waals surface area contributed by atoms with E-state index < -0.39 is 17.4 Å². The molecule has 0 fully saturated rings. The van der Waals surface area contributed by atoms with Gasteiger partial charge in [-0.1, -0.05) is 50.6 Å². The fraction of sp³-hybridized carbons (Fsp3) is 0.346. The molecule has 2 aromatic rings. The standard InChI is InChI=1S/C26H30N2O3/c1-18-10-12-20(13-11-18)24(30)31-22-9-7-8-19(15-22)14-21(16-27)23(29)28-26(5,6)17-25(2,3)4/h7-15H,17H2,1-6H3,(H,28,29)/b21-14+. The van der Waals surface area contributed by atoms with Crippen molar-refractivity contribution in [2.75, 3.05) is 0 Å². The molecule has 2 aromatic carbocycles. The fourth-order valence-electron chi connectivity index (χ4n) is 3.58. The Morgan fingerprint density at radius 1 is 1.06 bits per heavy atom. The summed E-state index contributed by atoms with van der Waals surface area (Å²) in [4.78, 5) is 25.0. The van der Waals surface area contributed by atoms with Crippen LogP contribution >= 0.6 is 0 Å². The van der Waals surface area contributed by atoms with E-state index in [4.69, 9.17) is 4.74 Å². The Labute approximate surface area is 184 Å². The van der Waals surface area contributed by atoms with Crippen LogP contribution in [0, 0.1) is 23.7 Å². The van der Waals surface area contributed by atoms with Crippen molar-refractivity contribution < 1.29 is 14.3 Å². The third-order valence-electron chi connectivity index (χ3n) is 4.46. The molecule has 0 atom stereocenters. The summed E-state index contributed by atoms with van der Waals surface area (Å²) in [7, 11) is 0. The Morgan fingerprint density at radius 2 is 1.71 bits per heavy atom. The second-order valence-corrected chi connectivity index (χ2v) is 9.57. The highest BCUT2D eigenvalue weighted by molar-refractivity contribution is 6.02. The Hall–Kier alpha value is -3.39. The number of hydrogen-bond acceptors (Lipinski definition) is 4. The van der Waals surface area contributed by atoms with E-state index >= 15 is 0 Å². The van der Waals surface area contributed by atoms with Gasteiger partial charge in [0.2, 0.25) is 0 Å². The minimum atomic E-state index is -0.469. The number of aryl methyl sites for hydroxylation is 1. The third-order valence-corrected chi connectivity index (χ3v) is 4.46. The van der Waals surface area contributed by atoms with E-state index in [2.05, 4.69) is 26.1 Å². The Morgan fingerprint density at radius 3 is 2.29 bits per heavy atom. The van der Waals surface area contributed by atoms with E-state index in [1.54, 1.807) is 36.4 Å². The van der Waals surface area contributed by atoms with Gasteiger partial charge in [0, 0.05) is 5.54 Å². The van der Waals surface area contributed by atoms with Crippen LogP contribution < -0.4 is 10.1 Å². The number of benzene rings is 2. The number of carbonyl (C=O) groups excluding carboxylic acids is 2. The molecule has 0 saturated heterocycles. The Bertz CT molecular complexity index is 1020. The van der Waals surface area contributed by atoms with Gasteiger partial charge < -0.3 is 10.1 Å². The molecule has 0 bridgehead atoms. The molecule has 5 nitrogen and oxygen atoms in total. The third kappa shape index (κ3) is 7.75. The molecular formula is C26H30N2O3. The van der Waals surface area contributed by atoms with Crippen LogP contribution in [0.2, 0.25) is 0 Å². The molecule has 1 N–H and O–H groups in total. The maximum atomic E-state index is 12.7. The van der Waals surface area contributed by atoms with E-state index in [-0.39, 0.29) is 11.0 Å². The zero-order chi connectivity index (χ0) is 23.2. The zero-order valence-electron chi connectivity index (χ0n) is 19.1. The molecule has 0 radical (unpaired) electrons. The number of nitrogens with zero attached hydrogens (tertiary/aromatic N) is 1. The van der Waals surface area contributed by atoms with Crippen LogP contribution in [0.1, 0.15) is 62.5 Å². The van der Waals surface area contributed by atoms with E-state index in [0.717, 1.165) is 12.0 Å². The van der Waals surface area contributed by atoms with E-state index in [9.17, 15) is 14.9 Å². The minimum Gasteiger partial charge on any atom is -0.423 e. The molecule has 5 heteroatoms. The number of nitrogens with one attached hydrogen (secondary N) is 1. The first-order chi connectivity index (χ1) is 14.4. The summed E-state index contributed by atoms with van der Waals surface area (Å²) < 4.78 is 5.44. The monoisotopic (exact) mass is 418 g/mol. The van der Waals surface area contributed by atoms with Gasteiger partial charge in [-0.25, -0.2) is 4.79 Å². The summed E-state index contributed by atoms with van der Waals surface area (Å²) in [5.41, 5.74) is 1.65. The summed E-state index contributed by atoms with van der Waals surface area (Å²) in [6, 6.07) is 15.8. The topological polar surface area (TPSA) is 79.2 Å². The number of amides is 1. The van der Waals surface area contributed by atoms with Crippen LogP contribution in [0.3, 0.4) is 0 Å². The van der Waals surface area contributed by atoms with Crippen molar-refractivity contribution in [3.8, 4) is 11.8 Å². The van der Waals surface area contributed by atoms with Crippen LogP contribution in [0.15, 0.2) is 54.1 Å². The summed E-state index contributed by atoms with van der Waals surface area (Å²) in [6.45, 7) is 12.1. The van der Waals surface area contributed by atoms with Crippen molar-refractivity contribution in [2.45, 2.75) is 53.5 Å². The molecule has 1 amide bonds. The number of hydrogen-bond donors (Lipinski definition) is 1. The Kier molecular flexibility index (Phi) is 7.41. The lowest BCUT2D eigenvalue weighted by Gasteiger charge is -2.33. The van der Waals surface area contributed by atoms with Gasteiger partial charge in [0.1, 0.15) is 17.4 Å². The molecule has 2 rings (SSSR count). The number of esters is 1. The molecule has 0 spiro atoms. The highest BCUT2D eigenvalue weighted by Gasteiger charge is 2.28. The predicted octanol–water partition coefficient (Wildman–Crippen LogP) is 5.45. The molecule has 0 heterocycles. The number of nitriles is 1. The first-order valence-electron chi connectivity index (χ1n) is 10.2. The van der Waals surface area contributed by atoms with Crippen molar-refractivity contribution in [2.24, 2.45) is 5.41 Å². The van der Waals surface area contributed by atoms with Crippen LogP contribution in [0.5, 0.6) is 5.75 Å². The van der Waals surface area contributed by atoms with Crippen LogP contribution in [0.4, 0.5) is 0 Å². The average Bonchev–Trinajstić information content (AvgIpc) is 2.64.